The third kappa shape index (κ3) is 5.55. The van der Waals surface area contributed by atoms with Gasteiger partial charge >= 0.3 is 0 Å². The molecule has 0 unspecified atom stereocenters. The van der Waals surface area contributed by atoms with Gasteiger partial charge in [-0.3, -0.25) is 9.59 Å². The largest absolute Gasteiger partial charge is 0.352 e. The fraction of sp³-hybridized carbons (Fsp3) is 0.167. The van der Waals surface area contributed by atoms with E-state index in [1.165, 1.54) is 5.56 Å². The monoisotopic (exact) mass is 372 g/mol. The van der Waals surface area contributed by atoms with Crippen molar-refractivity contribution >= 4 is 11.8 Å². The van der Waals surface area contributed by atoms with Crippen molar-refractivity contribution in [1.82, 2.24) is 10.6 Å². The molecular formula is C24H24N2O2. The highest BCUT2D eigenvalue weighted by Crippen LogP contribution is 2.07. The summed E-state index contributed by atoms with van der Waals surface area (Å²) in [5, 5.41) is 5.81. The Hall–Kier alpha value is -3.40. The van der Waals surface area contributed by atoms with Crippen molar-refractivity contribution < 1.29 is 9.59 Å². The van der Waals surface area contributed by atoms with E-state index in [9.17, 15) is 9.59 Å². The van der Waals surface area contributed by atoms with Crippen LogP contribution in [0.5, 0.6) is 0 Å². The van der Waals surface area contributed by atoms with E-state index in [2.05, 4.69) is 10.6 Å². The SMILES string of the molecule is Cc1cccc(CNC(=O)c2ccc(C(=O)NCCc3ccccc3)cc2)c1. The summed E-state index contributed by atoms with van der Waals surface area (Å²) in [6, 6.07) is 24.8. The van der Waals surface area contributed by atoms with E-state index in [1.54, 1.807) is 24.3 Å². The van der Waals surface area contributed by atoms with Gasteiger partial charge in [-0.05, 0) is 48.7 Å². The van der Waals surface area contributed by atoms with Gasteiger partial charge in [-0.2, -0.15) is 0 Å². The normalized spacial score (nSPS) is 10.3. The van der Waals surface area contributed by atoms with E-state index < -0.39 is 0 Å². The number of hydrogen-bond acceptors (Lipinski definition) is 2. The second-order valence-electron chi connectivity index (χ2n) is 6.74. The van der Waals surface area contributed by atoms with Gasteiger partial charge in [-0.15, -0.1) is 0 Å². The molecule has 3 aromatic rings. The number of amides is 2. The van der Waals surface area contributed by atoms with Gasteiger partial charge in [0.2, 0.25) is 0 Å². The maximum Gasteiger partial charge on any atom is 0.251 e. The third-order valence-corrected chi connectivity index (χ3v) is 4.49. The summed E-state index contributed by atoms with van der Waals surface area (Å²) in [6.45, 7) is 3.07. The Morgan fingerprint density at radius 1 is 0.714 bits per heavy atom. The molecule has 0 radical (unpaired) electrons. The Morgan fingerprint density at radius 3 is 1.96 bits per heavy atom. The minimum absolute atomic E-state index is 0.136. The molecule has 28 heavy (non-hydrogen) atoms. The van der Waals surface area contributed by atoms with Crippen molar-refractivity contribution in [3.8, 4) is 0 Å². The summed E-state index contributed by atoms with van der Waals surface area (Å²) in [5.41, 5.74) is 4.48. The van der Waals surface area contributed by atoms with Crippen LogP contribution >= 0.6 is 0 Å². The van der Waals surface area contributed by atoms with Crippen LogP contribution in [0.2, 0.25) is 0 Å². The average molecular weight is 372 g/mol. The van der Waals surface area contributed by atoms with Crippen LogP contribution in [-0.4, -0.2) is 18.4 Å². The fourth-order valence-electron chi connectivity index (χ4n) is 2.95. The molecule has 0 aliphatic rings. The van der Waals surface area contributed by atoms with Gasteiger partial charge in [-0.1, -0.05) is 60.2 Å². The van der Waals surface area contributed by atoms with Crippen molar-refractivity contribution in [2.45, 2.75) is 19.9 Å². The summed E-state index contributed by atoms with van der Waals surface area (Å²) in [7, 11) is 0. The lowest BCUT2D eigenvalue weighted by Crippen LogP contribution is -2.26. The second kappa shape index (κ2) is 9.51. The average Bonchev–Trinajstić information content (AvgIpc) is 2.73. The predicted molar refractivity (Wildman–Crippen MR) is 111 cm³/mol. The summed E-state index contributed by atoms with van der Waals surface area (Å²) >= 11 is 0. The Morgan fingerprint density at radius 2 is 1.32 bits per heavy atom. The van der Waals surface area contributed by atoms with Crippen molar-refractivity contribution in [1.29, 1.82) is 0 Å². The molecule has 0 bridgehead atoms. The number of nitrogens with one attached hydrogen (secondary N) is 2. The molecule has 4 heteroatoms. The number of benzene rings is 3. The minimum Gasteiger partial charge on any atom is -0.352 e. The van der Waals surface area contributed by atoms with Crippen molar-refractivity contribution in [3.05, 3.63) is 107 Å². The van der Waals surface area contributed by atoms with Crippen LogP contribution in [0.15, 0.2) is 78.9 Å². The van der Waals surface area contributed by atoms with E-state index in [0.717, 1.165) is 17.5 Å². The van der Waals surface area contributed by atoms with E-state index in [0.29, 0.717) is 24.2 Å². The van der Waals surface area contributed by atoms with Gasteiger partial charge in [0.1, 0.15) is 0 Å². The first-order valence-electron chi connectivity index (χ1n) is 9.38. The number of carbonyl (C=O) groups is 2. The molecule has 0 fully saturated rings. The van der Waals surface area contributed by atoms with Crippen LogP contribution in [0, 0.1) is 6.92 Å². The van der Waals surface area contributed by atoms with Gasteiger partial charge in [0.05, 0.1) is 0 Å². The zero-order chi connectivity index (χ0) is 19.8. The van der Waals surface area contributed by atoms with Gasteiger partial charge in [0, 0.05) is 24.2 Å². The molecule has 2 N–H and O–H groups in total. The smallest absolute Gasteiger partial charge is 0.251 e. The maximum absolute atomic E-state index is 12.3. The number of rotatable bonds is 7. The van der Waals surface area contributed by atoms with Crippen molar-refractivity contribution in [3.63, 3.8) is 0 Å². The highest BCUT2D eigenvalue weighted by molar-refractivity contribution is 5.97. The van der Waals surface area contributed by atoms with Crippen LogP contribution in [0.3, 0.4) is 0 Å². The number of carbonyl (C=O) groups excluding carboxylic acids is 2. The first-order valence-corrected chi connectivity index (χ1v) is 9.38. The Balaban J connectivity index is 1.49. The Bertz CT molecular complexity index is 934. The lowest BCUT2D eigenvalue weighted by Gasteiger charge is -2.08. The lowest BCUT2D eigenvalue weighted by atomic mass is 10.1. The number of hydrogen-bond donors (Lipinski definition) is 2. The quantitative estimate of drug-likeness (QED) is 0.661. The Labute approximate surface area is 165 Å². The summed E-state index contributed by atoms with van der Waals surface area (Å²) < 4.78 is 0. The molecule has 3 aromatic carbocycles. The van der Waals surface area contributed by atoms with Crippen LogP contribution in [0.4, 0.5) is 0 Å². The molecular weight excluding hydrogens is 348 g/mol. The van der Waals surface area contributed by atoms with Gasteiger partial charge in [0.25, 0.3) is 11.8 Å². The van der Waals surface area contributed by atoms with E-state index in [4.69, 9.17) is 0 Å². The first kappa shape index (κ1) is 19.4. The summed E-state index contributed by atoms with van der Waals surface area (Å²) in [4.78, 5) is 24.5. The Kier molecular flexibility index (Phi) is 6.58. The van der Waals surface area contributed by atoms with Gasteiger partial charge in [0.15, 0.2) is 0 Å². The molecule has 142 valence electrons. The zero-order valence-corrected chi connectivity index (χ0v) is 15.9. The number of aryl methyl sites for hydroxylation is 1. The molecule has 0 aliphatic heterocycles. The van der Waals surface area contributed by atoms with Crippen LogP contribution < -0.4 is 10.6 Å². The molecule has 0 saturated carbocycles. The van der Waals surface area contributed by atoms with Crippen LogP contribution in [0.25, 0.3) is 0 Å². The van der Waals surface area contributed by atoms with E-state index in [-0.39, 0.29) is 11.8 Å². The molecule has 0 aromatic heterocycles. The molecule has 0 atom stereocenters. The van der Waals surface area contributed by atoms with Crippen LogP contribution in [0.1, 0.15) is 37.4 Å². The molecule has 0 spiro atoms. The van der Waals surface area contributed by atoms with Gasteiger partial charge in [-0.25, -0.2) is 0 Å². The topological polar surface area (TPSA) is 58.2 Å². The van der Waals surface area contributed by atoms with E-state index in [1.807, 2.05) is 61.5 Å². The predicted octanol–water partition coefficient (Wildman–Crippen LogP) is 3.90. The third-order valence-electron chi connectivity index (χ3n) is 4.49. The van der Waals surface area contributed by atoms with Crippen molar-refractivity contribution in [2.24, 2.45) is 0 Å². The maximum atomic E-state index is 12.3. The first-order chi connectivity index (χ1) is 13.6. The molecule has 2 amide bonds. The zero-order valence-electron chi connectivity index (χ0n) is 15.9. The lowest BCUT2D eigenvalue weighted by molar-refractivity contribution is 0.0940. The van der Waals surface area contributed by atoms with Crippen LogP contribution in [-0.2, 0) is 13.0 Å². The molecule has 0 saturated heterocycles. The molecule has 0 aliphatic carbocycles. The minimum atomic E-state index is -0.155. The molecule has 3 rings (SSSR count). The fourth-order valence-corrected chi connectivity index (χ4v) is 2.95. The highest BCUT2D eigenvalue weighted by atomic mass is 16.2. The highest BCUT2D eigenvalue weighted by Gasteiger charge is 2.09. The van der Waals surface area contributed by atoms with E-state index >= 15 is 0 Å². The summed E-state index contributed by atoms with van der Waals surface area (Å²) in [6.07, 6.45) is 0.784. The second-order valence-corrected chi connectivity index (χ2v) is 6.74. The molecule has 4 nitrogen and oxygen atoms in total. The standard InChI is InChI=1S/C24H24N2O2/c1-18-6-5-9-20(16-18)17-26-24(28)22-12-10-21(11-13-22)23(27)25-15-14-19-7-3-2-4-8-19/h2-13,16H,14-15,17H2,1H3,(H,25,27)(H,26,28). The summed E-state index contributed by atoms with van der Waals surface area (Å²) in [5.74, 6) is -0.291. The van der Waals surface area contributed by atoms with Gasteiger partial charge < -0.3 is 10.6 Å². The molecule has 0 heterocycles. The van der Waals surface area contributed by atoms with Crippen molar-refractivity contribution in [2.75, 3.05) is 6.54 Å².